The molecule has 0 aliphatic carbocycles. The number of nitrogens with one attached hydrogen (secondary N) is 2. The summed E-state index contributed by atoms with van der Waals surface area (Å²) in [6, 6.07) is 22.1. The molecular formula is C26H23N3O5S. The molecule has 0 bridgehead atoms. The van der Waals surface area contributed by atoms with E-state index in [0.717, 1.165) is 11.1 Å². The molecule has 1 aromatic heterocycles. The van der Waals surface area contributed by atoms with Crippen LogP contribution in [-0.4, -0.2) is 32.1 Å². The third-order valence-corrected chi connectivity index (χ3v) is 7.19. The number of rotatable bonds is 8. The molecule has 0 unspecified atom stereocenters. The van der Waals surface area contributed by atoms with Crippen LogP contribution in [-0.2, 0) is 27.8 Å². The van der Waals surface area contributed by atoms with Crippen molar-refractivity contribution in [2.45, 2.75) is 23.9 Å². The zero-order valence-corrected chi connectivity index (χ0v) is 19.5. The van der Waals surface area contributed by atoms with Crippen molar-refractivity contribution in [3.63, 3.8) is 0 Å². The molecule has 178 valence electrons. The van der Waals surface area contributed by atoms with Crippen LogP contribution in [0.3, 0.4) is 0 Å². The molecule has 4 aromatic rings. The number of carbonyl (C=O) groups is 1. The van der Waals surface area contributed by atoms with E-state index in [9.17, 15) is 13.2 Å². The topological polar surface area (TPSA) is 107 Å². The van der Waals surface area contributed by atoms with Gasteiger partial charge in [0.25, 0.3) is 0 Å². The van der Waals surface area contributed by atoms with Crippen LogP contribution in [0.4, 0.5) is 0 Å². The molecule has 1 atom stereocenters. The lowest BCUT2D eigenvalue weighted by molar-refractivity contribution is -0.122. The van der Waals surface area contributed by atoms with Crippen molar-refractivity contribution >= 4 is 26.8 Å². The first-order valence-electron chi connectivity index (χ1n) is 11.1. The van der Waals surface area contributed by atoms with Gasteiger partial charge < -0.3 is 14.8 Å². The van der Waals surface area contributed by atoms with E-state index in [2.05, 4.69) is 15.0 Å². The van der Waals surface area contributed by atoms with Crippen molar-refractivity contribution in [1.29, 1.82) is 0 Å². The molecule has 2 heterocycles. The summed E-state index contributed by atoms with van der Waals surface area (Å²) in [5, 5.41) is 3.54. The molecule has 5 rings (SSSR count). The summed E-state index contributed by atoms with van der Waals surface area (Å²) < 4.78 is 40.1. The number of hydrogen-bond acceptors (Lipinski definition) is 6. The summed E-state index contributed by atoms with van der Waals surface area (Å²) in [5.41, 5.74) is 1.98. The fraction of sp³-hybridized carbons (Fsp3) is 0.154. The predicted octanol–water partition coefficient (Wildman–Crippen LogP) is 3.17. The van der Waals surface area contributed by atoms with Gasteiger partial charge in [0, 0.05) is 18.1 Å². The van der Waals surface area contributed by atoms with Crippen molar-refractivity contribution in [3.05, 3.63) is 96.2 Å². The minimum atomic E-state index is -4.05. The Hall–Kier alpha value is -3.95. The second kappa shape index (κ2) is 9.73. The molecule has 35 heavy (non-hydrogen) atoms. The third-order valence-electron chi connectivity index (χ3n) is 5.69. The number of hydrogen-bond donors (Lipinski definition) is 2. The molecule has 0 fully saturated rings. The Bertz CT molecular complexity index is 1470. The number of pyridine rings is 1. The summed E-state index contributed by atoms with van der Waals surface area (Å²) in [7, 11) is -4.05. The Labute approximate surface area is 203 Å². The van der Waals surface area contributed by atoms with Crippen molar-refractivity contribution in [2.24, 2.45) is 0 Å². The molecule has 0 saturated carbocycles. The van der Waals surface area contributed by atoms with Gasteiger partial charge in [-0.15, -0.1) is 0 Å². The van der Waals surface area contributed by atoms with Gasteiger partial charge >= 0.3 is 0 Å². The Morgan fingerprint density at radius 3 is 2.57 bits per heavy atom. The van der Waals surface area contributed by atoms with Crippen LogP contribution < -0.4 is 19.5 Å². The standard InChI is InChI=1S/C26H23N3O5S/c30-26(28-16-19-11-12-22-23(15-19)34-17-33-22)21(14-18-6-2-1-3-7-18)29-35(31,32)24-10-4-8-20-9-5-13-27-25(20)24/h1-13,15,21,29H,14,16-17H2,(H,28,30)/t21-/m0/s1. The highest BCUT2D eigenvalue weighted by atomic mass is 32.2. The smallest absolute Gasteiger partial charge is 0.243 e. The number of ether oxygens (including phenoxy) is 2. The van der Waals surface area contributed by atoms with E-state index < -0.39 is 22.0 Å². The van der Waals surface area contributed by atoms with E-state index in [1.807, 2.05) is 36.4 Å². The van der Waals surface area contributed by atoms with Gasteiger partial charge in [-0.25, -0.2) is 8.42 Å². The maximum Gasteiger partial charge on any atom is 0.243 e. The largest absolute Gasteiger partial charge is 0.454 e. The summed E-state index contributed by atoms with van der Waals surface area (Å²) in [6.07, 6.45) is 1.73. The Kier molecular flexibility index (Phi) is 6.35. The van der Waals surface area contributed by atoms with Gasteiger partial charge in [-0.2, -0.15) is 4.72 Å². The maximum absolute atomic E-state index is 13.4. The number of sulfonamides is 1. The number of nitrogens with zero attached hydrogens (tertiary/aromatic N) is 1. The first-order chi connectivity index (χ1) is 17.0. The maximum atomic E-state index is 13.4. The van der Waals surface area contributed by atoms with Gasteiger partial charge in [-0.05, 0) is 41.8 Å². The number of fused-ring (bicyclic) bond motifs is 2. The molecule has 1 aliphatic rings. The number of para-hydroxylation sites is 1. The highest BCUT2D eigenvalue weighted by Gasteiger charge is 2.27. The molecule has 2 N–H and O–H groups in total. The van der Waals surface area contributed by atoms with E-state index in [0.29, 0.717) is 22.4 Å². The second-order valence-electron chi connectivity index (χ2n) is 8.10. The number of amides is 1. The molecule has 1 aliphatic heterocycles. The summed E-state index contributed by atoms with van der Waals surface area (Å²) >= 11 is 0. The van der Waals surface area contributed by atoms with E-state index in [1.54, 1.807) is 42.6 Å². The molecule has 0 spiro atoms. The van der Waals surface area contributed by atoms with Gasteiger partial charge in [0.1, 0.15) is 10.9 Å². The van der Waals surface area contributed by atoms with E-state index in [1.165, 1.54) is 6.07 Å². The highest BCUT2D eigenvalue weighted by molar-refractivity contribution is 7.89. The van der Waals surface area contributed by atoms with Crippen LogP contribution >= 0.6 is 0 Å². The first-order valence-corrected chi connectivity index (χ1v) is 12.5. The predicted molar refractivity (Wildman–Crippen MR) is 130 cm³/mol. The van der Waals surface area contributed by atoms with Crippen LogP contribution in [0.25, 0.3) is 10.9 Å². The molecule has 0 radical (unpaired) electrons. The van der Waals surface area contributed by atoms with Gasteiger partial charge in [0.05, 0.1) is 5.52 Å². The minimum Gasteiger partial charge on any atom is -0.454 e. The third kappa shape index (κ3) is 5.11. The fourth-order valence-electron chi connectivity index (χ4n) is 3.94. The highest BCUT2D eigenvalue weighted by Crippen LogP contribution is 2.32. The van der Waals surface area contributed by atoms with Gasteiger partial charge in [0.15, 0.2) is 11.5 Å². The number of carbonyl (C=O) groups excluding carboxylic acids is 1. The van der Waals surface area contributed by atoms with Crippen LogP contribution in [0.15, 0.2) is 90.0 Å². The molecular weight excluding hydrogens is 466 g/mol. The first kappa shape index (κ1) is 22.8. The summed E-state index contributed by atoms with van der Waals surface area (Å²) in [4.78, 5) is 17.5. The Morgan fingerprint density at radius 1 is 0.914 bits per heavy atom. The molecule has 1 amide bonds. The SMILES string of the molecule is O=C(NCc1ccc2c(c1)OCO2)[C@H](Cc1ccccc1)NS(=O)(=O)c1cccc2cccnc12. The molecule has 0 saturated heterocycles. The van der Waals surface area contributed by atoms with Crippen LogP contribution in [0.2, 0.25) is 0 Å². The fourth-order valence-corrected chi connectivity index (χ4v) is 5.32. The zero-order chi connectivity index (χ0) is 24.3. The van der Waals surface area contributed by atoms with Gasteiger partial charge in [0.2, 0.25) is 22.7 Å². The lowest BCUT2D eigenvalue weighted by Gasteiger charge is -2.19. The molecule has 9 heteroatoms. The van der Waals surface area contributed by atoms with E-state index >= 15 is 0 Å². The van der Waals surface area contributed by atoms with Crippen LogP contribution in [0.5, 0.6) is 11.5 Å². The average molecular weight is 490 g/mol. The monoisotopic (exact) mass is 489 g/mol. The average Bonchev–Trinajstić information content (AvgIpc) is 3.35. The van der Waals surface area contributed by atoms with E-state index in [4.69, 9.17) is 9.47 Å². The van der Waals surface area contributed by atoms with Crippen molar-refractivity contribution < 1.29 is 22.7 Å². The normalized spacial score (nSPS) is 13.5. The lowest BCUT2D eigenvalue weighted by atomic mass is 10.1. The van der Waals surface area contributed by atoms with Gasteiger partial charge in [-0.1, -0.05) is 54.6 Å². The minimum absolute atomic E-state index is 0.0252. The number of aromatic nitrogens is 1. The molecule has 8 nitrogen and oxygen atoms in total. The quantitative estimate of drug-likeness (QED) is 0.394. The summed E-state index contributed by atoms with van der Waals surface area (Å²) in [6.45, 7) is 0.368. The lowest BCUT2D eigenvalue weighted by Crippen LogP contribution is -2.47. The van der Waals surface area contributed by atoms with Gasteiger partial charge in [-0.3, -0.25) is 9.78 Å². The second-order valence-corrected chi connectivity index (χ2v) is 9.78. The van der Waals surface area contributed by atoms with E-state index in [-0.39, 0.29) is 24.7 Å². The summed E-state index contributed by atoms with van der Waals surface area (Å²) in [5.74, 6) is 0.823. The Morgan fingerprint density at radius 2 is 1.71 bits per heavy atom. The van der Waals surface area contributed by atoms with Crippen molar-refractivity contribution in [2.75, 3.05) is 6.79 Å². The zero-order valence-electron chi connectivity index (χ0n) is 18.7. The Balaban J connectivity index is 1.38. The molecule has 3 aromatic carbocycles. The van der Waals surface area contributed by atoms with Crippen LogP contribution in [0, 0.1) is 0 Å². The van der Waals surface area contributed by atoms with Crippen molar-refractivity contribution in [3.8, 4) is 11.5 Å². The van der Waals surface area contributed by atoms with Crippen LogP contribution in [0.1, 0.15) is 11.1 Å². The van der Waals surface area contributed by atoms with Crippen molar-refractivity contribution in [1.82, 2.24) is 15.0 Å². The number of benzene rings is 3.